The average Bonchev–Trinajstić information content (AvgIpc) is 2.92. The van der Waals surface area contributed by atoms with Gasteiger partial charge >= 0.3 is 6.03 Å². The zero-order valence-corrected chi connectivity index (χ0v) is 15.6. The van der Waals surface area contributed by atoms with Crippen LogP contribution in [-0.2, 0) is 16.1 Å². The first-order valence-corrected chi connectivity index (χ1v) is 8.90. The normalized spacial score (nSPS) is 18.8. The zero-order chi connectivity index (χ0) is 19.8. The Labute approximate surface area is 161 Å². The highest BCUT2D eigenvalue weighted by molar-refractivity contribution is 6.03. The second kappa shape index (κ2) is 7.16. The fourth-order valence-corrected chi connectivity index (χ4v) is 3.60. The standard InChI is InChI=1S/C19H20FN5O3/c1-23-17(10-26)25(15-7-21-16(11-28-2)22-18(15)23)19(27)24-8-13(9-24)12-4-3-5-14(20)6-12/h3-7,10,13,17H,8-9,11H2,1-2H3. The van der Waals surface area contributed by atoms with Gasteiger partial charge in [-0.15, -0.1) is 0 Å². The molecule has 0 radical (unpaired) electrons. The van der Waals surface area contributed by atoms with E-state index in [1.54, 1.807) is 36.2 Å². The molecule has 1 fully saturated rings. The topological polar surface area (TPSA) is 78.9 Å². The lowest BCUT2D eigenvalue weighted by atomic mass is 9.92. The summed E-state index contributed by atoms with van der Waals surface area (Å²) in [5.74, 6) is 0.772. The Balaban J connectivity index is 1.54. The van der Waals surface area contributed by atoms with E-state index < -0.39 is 6.17 Å². The van der Waals surface area contributed by atoms with Crippen LogP contribution in [0.3, 0.4) is 0 Å². The third-order valence-electron chi connectivity index (χ3n) is 5.13. The van der Waals surface area contributed by atoms with Crippen molar-refractivity contribution in [1.82, 2.24) is 14.9 Å². The summed E-state index contributed by atoms with van der Waals surface area (Å²) < 4.78 is 18.5. The van der Waals surface area contributed by atoms with Crippen LogP contribution < -0.4 is 9.80 Å². The van der Waals surface area contributed by atoms with Crippen molar-refractivity contribution in [2.45, 2.75) is 18.7 Å². The fraction of sp³-hybridized carbons (Fsp3) is 0.368. The molecule has 0 spiro atoms. The molecule has 1 atom stereocenters. The number of carbonyl (C=O) groups excluding carboxylic acids is 2. The van der Waals surface area contributed by atoms with Crippen molar-refractivity contribution in [1.29, 1.82) is 0 Å². The van der Waals surface area contributed by atoms with Crippen LogP contribution in [0.4, 0.5) is 20.7 Å². The number of carbonyl (C=O) groups is 2. The number of aromatic nitrogens is 2. The Morgan fingerprint density at radius 1 is 1.39 bits per heavy atom. The van der Waals surface area contributed by atoms with Gasteiger partial charge < -0.3 is 14.5 Å². The number of nitrogens with zero attached hydrogens (tertiary/aromatic N) is 5. The van der Waals surface area contributed by atoms with E-state index in [0.29, 0.717) is 36.7 Å². The molecule has 0 saturated carbocycles. The van der Waals surface area contributed by atoms with E-state index in [2.05, 4.69) is 9.97 Å². The number of amides is 2. The van der Waals surface area contributed by atoms with Gasteiger partial charge in [0, 0.05) is 33.2 Å². The molecule has 2 aromatic rings. The molecule has 1 saturated heterocycles. The molecule has 9 heteroatoms. The van der Waals surface area contributed by atoms with Crippen LogP contribution in [0.25, 0.3) is 0 Å². The molecule has 4 rings (SSSR count). The molecule has 3 heterocycles. The van der Waals surface area contributed by atoms with E-state index in [-0.39, 0.29) is 24.4 Å². The second-order valence-electron chi connectivity index (χ2n) is 6.90. The van der Waals surface area contributed by atoms with E-state index in [1.165, 1.54) is 17.0 Å². The summed E-state index contributed by atoms with van der Waals surface area (Å²) in [4.78, 5) is 38.1. The van der Waals surface area contributed by atoms with Crippen molar-refractivity contribution in [2.75, 3.05) is 37.0 Å². The van der Waals surface area contributed by atoms with Crippen LogP contribution in [-0.4, -0.2) is 60.6 Å². The molecule has 1 aromatic carbocycles. The van der Waals surface area contributed by atoms with Crippen molar-refractivity contribution in [3.63, 3.8) is 0 Å². The Morgan fingerprint density at radius 3 is 2.86 bits per heavy atom. The molecule has 0 bridgehead atoms. The summed E-state index contributed by atoms with van der Waals surface area (Å²) in [6, 6.07) is 6.12. The number of urea groups is 1. The summed E-state index contributed by atoms with van der Waals surface area (Å²) in [6.07, 6.45) is 1.46. The van der Waals surface area contributed by atoms with Gasteiger partial charge in [-0.25, -0.2) is 19.2 Å². The summed E-state index contributed by atoms with van der Waals surface area (Å²) in [5, 5.41) is 0. The van der Waals surface area contributed by atoms with Crippen LogP contribution >= 0.6 is 0 Å². The number of rotatable bonds is 4. The molecule has 0 aliphatic carbocycles. The number of benzene rings is 1. The summed E-state index contributed by atoms with van der Waals surface area (Å²) >= 11 is 0. The monoisotopic (exact) mass is 385 g/mol. The predicted octanol–water partition coefficient (Wildman–Crippen LogP) is 1.76. The number of hydrogen-bond acceptors (Lipinski definition) is 6. The van der Waals surface area contributed by atoms with Gasteiger partial charge in [-0.2, -0.15) is 0 Å². The van der Waals surface area contributed by atoms with Crippen molar-refractivity contribution in [2.24, 2.45) is 0 Å². The fourth-order valence-electron chi connectivity index (χ4n) is 3.60. The second-order valence-corrected chi connectivity index (χ2v) is 6.90. The molecule has 146 valence electrons. The molecule has 2 aliphatic rings. The van der Waals surface area contributed by atoms with E-state index in [0.717, 1.165) is 5.56 Å². The number of anilines is 2. The highest BCUT2D eigenvalue weighted by atomic mass is 19.1. The average molecular weight is 385 g/mol. The number of ether oxygens (including phenoxy) is 1. The molecular weight excluding hydrogens is 365 g/mol. The van der Waals surface area contributed by atoms with Crippen LogP contribution in [0.1, 0.15) is 17.3 Å². The zero-order valence-electron chi connectivity index (χ0n) is 15.6. The van der Waals surface area contributed by atoms with Gasteiger partial charge in [-0.1, -0.05) is 12.1 Å². The predicted molar refractivity (Wildman–Crippen MR) is 99.6 cm³/mol. The molecule has 0 N–H and O–H groups in total. The van der Waals surface area contributed by atoms with E-state index in [9.17, 15) is 14.0 Å². The van der Waals surface area contributed by atoms with Crippen LogP contribution in [0.2, 0.25) is 0 Å². The lowest BCUT2D eigenvalue weighted by Crippen LogP contribution is -2.57. The maximum Gasteiger partial charge on any atom is 0.326 e. The maximum atomic E-state index is 13.4. The Morgan fingerprint density at radius 2 is 2.18 bits per heavy atom. The molecular formula is C19H20FN5O3. The minimum Gasteiger partial charge on any atom is -0.377 e. The molecule has 1 aromatic heterocycles. The van der Waals surface area contributed by atoms with Crippen LogP contribution in [0, 0.1) is 5.82 Å². The number of aldehydes is 1. The SMILES string of the molecule is COCc1ncc2c(n1)N(C)C(C=O)N2C(=O)N1CC(c2cccc(F)c2)C1. The number of methoxy groups -OCH3 is 1. The van der Waals surface area contributed by atoms with Crippen molar-refractivity contribution < 1.29 is 18.7 Å². The van der Waals surface area contributed by atoms with Gasteiger partial charge in [0.25, 0.3) is 0 Å². The number of halogens is 1. The van der Waals surface area contributed by atoms with Crippen LogP contribution in [0.15, 0.2) is 30.5 Å². The summed E-state index contributed by atoms with van der Waals surface area (Å²) in [5.41, 5.74) is 1.35. The summed E-state index contributed by atoms with van der Waals surface area (Å²) in [6.45, 7) is 1.17. The van der Waals surface area contributed by atoms with Gasteiger partial charge in [0.15, 0.2) is 24.1 Å². The van der Waals surface area contributed by atoms with Crippen molar-refractivity contribution >= 4 is 23.8 Å². The molecule has 28 heavy (non-hydrogen) atoms. The number of hydrogen-bond donors (Lipinski definition) is 0. The number of likely N-dealkylation sites (tertiary alicyclic amines) is 1. The van der Waals surface area contributed by atoms with E-state index in [4.69, 9.17) is 4.74 Å². The number of fused-ring (bicyclic) bond motifs is 1. The first-order valence-electron chi connectivity index (χ1n) is 8.90. The van der Waals surface area contributed by atoms with E-state index >= 15 is 0 Å². The Bertz CT molecular complexity index is 918. The highest BCUT2D eigenvalue weighted by Gasteiger charge is 2.44. The number of likely N-dealkylation sites (N-methyl/N-ethyl adjacent to an activating group) is 1. The molecule has 2 amide bonds. The lowest BCUT2D eigenvalue weighted by molar-refractivity contribution is -0.108. The van der Waals surface area contributed by atoms with Gasteiger partial charge in [-0.3, -0.25) is 9.69 Å². The molecule has 8 nitrogen and oxygen atoms in total. The third kappa shape index (κ3) is 2.97. The first kappa shape index (κ1) is 18.3. The van der Waals surface area contributed by atoms with Gasteiger partial charge in [0.2, 0.25) is 0 Å². The highest BCUT2D eigenvalue weighted by Crippen LogP contribution is 2.38. The molecule has 1 unspecified atom stereocenters. The largest absolute Gasteiger partial charge is 0.377 e. The third-order valence-corrected chi connectivity index (χ3v) is 5.13. The Kier molecular flexibility index (Phi) is 4.68. The minimum absolute atomic E-state index is 0.0782. The van der Waals surface area contributed by atoms with Crippen LogP contribution in [0.5, 0.6) is 0 Å². The molecule has 2 aliphatic heterocycles. The quantitative estimate of drug-likeness (QED) is 0.747. The van der Waals surface area contributed by atoms with E-state index in [1.807, 2.05) is 6.07 Å². The van der Waals surface area contributed by atoms with Crippen molar-refractivity contribution in [3.8, 4) is 0 Å². The van der Waals surface area contributed by atoms with Gasteiger partial charge in [0.1, 0.15) is 18.1 Å². The van der Waals surface area contributed by atoms with Crippen molar-refractivity contribution in [3.05, 3.63) is 47.7 Å². The minimum atomic E-state index is -0.789. The summed E-state index contributed by atoms with van der Waals surface area (Å²) in [7, 11) is 3.25. The Hall–Kier alpha value is -3.07. The van der Waals surface area contributed by atoms with Gasteiger partial charge in [-0.05, 0) is 17.7 Å². The van der Waals surface area contributed by atoms with Gasteiger partial charge in [0.05, 0.1) is 6.20 Å². The maximum absolute atomic E-state index is 13.4. The lowest BCUT2D eigenvalue weighted by Gasteiger charge is -2.42. The smallest absolute Gasteiger partial charge is 0.326 e. The first-order chi connectivity index (χ1) is 13.5.